The van der Waals surface area contributed by atoms with Crippen LogP contribution in [-0.4, -0.2) is 4.98 Å². The van der Waals surface area contributed by atoms with Crippen LogP contribution in [0, 0.1) is 25.2 Å². The Kier molecular flexibility index (Phi) is 4.07. The van der Waals surface area contributed by atoms with Crippen LogP contribution in [0.15, 0.2) is 60.8 Å². The second-order valence-electron chi connectivity index (χ2n) is 5.60. The van der Waals surface area contributed by atoms with E-state index in [1.165, 1.54) is 11.1 Å². The van der Waals surface area contributed by atoms with Gasteiger partial charge < -0.3 is 5.32 Å². The van der Waals surface area contributed by atoms with Crippen LogP contribution in [0.5, 0.6) is 0 Å². The smallest absolute Gasteiger partial charge is 0.148 e. The third-order valence-electron chi connectivity index (χ3n) is 3.60. The molecular formula is C20H17N3. The van der Waals surface area contributed by atoms with Crippen molar-refractivity contribution in [1.82, 2.24) is 4.98 Å². The first-order valence-electron chi connectivity index (χ1n) is 7.46. The van der Waals surface area contributed by atoms with Gasteiger partial charge in [0.05, 0.1) is 5.56 Å². The van der Waals surface area contributed by atoms with E-state index in [4.69, 9.17) is 0 Å². The highest BCUT2D eigenvalue weighted by Crippen LogP contribution is 2.25. The molecule has 112 valence electrons. The number of nitrogens with zero attached hydrogens (tertiary/aromatic N) is 2. The lowest BCUT2D eigenvalue weighted by Gasteiger charge is -2.10. The fourth-order valence-electron chi connectivity index (χ4n) is 2.62. The molecule has 0 saturated carbocycles. The standard InChI is InChI=1S/C20H17N3/c1-14-8-15(2)10-19(9-14)23-20-17(12-21)11-18(13-22-20)16-6-4-3-5-7-16/h3-11,13H,1-2H3,(H,22,23). The van der Waals surface area contributed by atoms with E-state index >= 15 is 0 Å². The van der Waals surface area contributed by atoms with Crippen molar-refractivity contribution in [2.45, 2.75) is 13.8 Å². The fourth-order valence-corrected chi connectivity index (χ4v) is 2.62. The van der Waals surface area contributed by atoms with E-state index in [1.54, 1.807) is 6.20 Å². The summed E-state index contributed by atoms with van der Waals surface area (Å²) < 4.78 is 0. The van der Waals surface area contributed by atoms with Gasteiger partial charge in [0.1, 0.15) is 11.9 Å². The summed E-state index contributed by atoms with van der Waals surface area (Å²) in [5, 5.41) is 12.7. The summed E-state index contributed by atoms with van der Waals surface area (Å²) >= 11 is 0. The van der Waals surface area contributed by atoms with Crippen LogP contribution in [0.2, 0.25) is 0 Å². The number of hydrogen-bond acceptors (Lipinski definition) is 3. The molecule has 1 heterocycles. The van der Waals surface area contributed by atoms with Crippen molar-refractivity contribution in [2.75, 3.05) is 5.32 Å². The van der Waals surface area contributed by atoms with Crippen LogP contribution < -0.4 is 5.32 Å². The molecule has 0 unspecified atom stereocenters. The summed E-state index contributed by atoms with van der Waals surface area (Å²) in [5.41, 5.74) is 5.81. The molecule has 1 aromatic heterocycles. The number of nitriles is 1. The second-order valence-corrected chi connectivity index (χ2v) is 5.60. The van der Waals surface area contributed by atoms with Crippen molar-refractivity contribution in [1.29, 1.82) is 5.26 Å². The Bertz CT molecular complexity index is 857. The Morgan fingerprint density at radius 3 is 2.26 bits per heavy atom. The fraction of sp³-hybridized carbons (Fsp3) is 0.100. The minimum Gasteiger partial charge on any atom is -0.339 e. The van der Waals surface area contributed by atoms with Crippen LogP contribution in [-0.2, 0) is 0 Å². The number of benzene rings is 2. The first-order chi connectivity index (χ1) is 11.2. The van der Waals surface area contributed by atoms with Gasteiger partial charge in [-0.05, 0) is 48.7 Å². The number of pyridine rings is 1. The molecular weight excluding hydrogens is 282 g/mol. The number of aromatic nitrogens is 1. The predicted molar refractivity (Wildman–Crippen MR) is 93.6 cm³/mol. The van der Waals surface area contributed by atoms with Crippen molar-refractivity contribution >= 4 is 11.5 Å². The van der Waals surface area contributed by atoms with E-state index in [1.807, 2.05) is 48.5 Å². The normalized spacial score (nSPS) is 10.1. The third kappa shape index (κ3) is 3.38. The van der Waals surface area contributed by atoms with Crippen molar-refractivity contribution in [2.24, 2.45) is 0 Å². The zero-order chi connectivity index (χ0) is 16.2. The van der Waals surface area contributed by atoms with Crippen molar-refractivity contribution < 1.29 is 0 Å². The summed E-state index contributed by atoms with van der Waals surface area (Å²) in [7, 11) is 0. The Morgan fingerprint density at radius 2 is 1.61 bits per heavy atom. The highest BCUT2D eigenvalue weighted by molar-refractivity contribution is 5.70. The molecule has 0 amide bonds. The minimum atomic E-state index is 0.533. The van der Waals surface area contributed by atoms with E-state index in [2.05, 4.69) is 36.3 Å². The van der Waals surface area contributed by atoms with Crippen LogP contribution in [0.4, 0.5) is 11.5 Å². The SMILES string of the molecule is Cc1cc(C)cc(Nc2ncc(-c3ccccc3)cc2C#N)c1. The predicted octanol–water partition coefficient (Wildman–Crippen LogP) is 4.98. The molecule has 0 spiro atoms. The second kappa shape index (κ2) is 6.33. The van der Waals surface area contributed by atoms with Crippen molar-refractivity contribution in [3.8, 4) is 17.2 Å². The molecule has 23 heavy (non-hydrogen) atoms. The largest absolute Gasteiger partial charge is 0.339 e. The van der Waals surface area contributed by atoms with E-state index < -0.39 is 0 Å². The molecule has 3 rings (SSSR count). The lowest BCUT2D eigenvalue weighted by Crippen LogP contribution is -1.98. The maximum atomic E-state index is 9.45. The van der Waals surface area contributed by atoms with Crippen molar-refractivity contribution in [3.63, 3.8) is 0 Å². The zero-order valence-corrected chi connectivity index (χ0v) is 13.2. The molecule has 0 aliphatic rings. The molecule has 3 heteroatoms. The molecule has 0 atom stereocenters. The van der Waals surface area contributed by atoms with Crippen LogP contribution >= 0.6 is 0 Å². The van der Waals surface area contributed by atoms with Crippen LogP contribution in [0.25, 0.3) is 11.1 Å². The number of hydrogen-bond donors (Lipinski definition) is 1. The summed E-state index contributed by atoms with van der Waals surface area (Å²) in [6.07, 6.45) is 1.79. The van der Waals surface area contributed by atoms with E-state index in [0.29, 0.717) is 11.4 Å². The lowest BCUT2D eigenvalue weighted by molar-refractivity contribution is 1.28. The Hall–Kier alpha value is -3.12. The Morgan fingerprint density at radius 1 is 0.913 bits per heavy atom. The molecule has 3 aromatic rings. The lowest BCUT2D eigenvalue weighted by atomic mass is 10.1. The quantitative estimate of drug-likeness (QED) is 0.742. The molecule has 0 radical (unpaired) electrons. The maximum Gasteiger partial charge on any atom is 0.148 e. The summed E-state index contributed by atoms with van der Waals surface area (Å²) in [6, 6.07) is 20.2. The third-order valence-corrected chi connectivity index (χ3v) is 3.60. The van der Waals surface area contributed by atoms with Gasteiger partial charge in [-0.2, -0.15) is 5.26 Å². The van der Waals surface area contributed by atoms with E-state index in [-0.39, 0.29) is 0 Å². The van der Waals surface area contributed by atoms with Gasteiger partial charge in [0.2, 0.25) is 0 Å². The average Bonchev–Trinajstić information content (AvgIpc) is 2.55. The highest BCUT2D eigenvalue weighted by Gasteiger charge is 2.07. The van der Waals surface area contributed by atoms with Gasteiger partial charge in [0.25, 0.3) is 0 Å². The van der Waals surface area contributed by atoms with Gasteiger partial charge >= 0.3 is 0 Å². The Balaban J connectivity index is 1.96. The highest BCUT2D eigenvalue weighted by atomic mass is 15.0. The van der Waals surface area contributed by atoms with Gasteiger partial charge in [-0.3, -0.25) is 0 Å². The topological polar surface area (TPSA) is 48.7 Å². The molecule has 0 aliphatic heterocycles. The van der Waals surface area contributed by atoms with Gasteiger partial charge in [-0.1, -0.05) is 36.4 Å². The molecule has 3 nitrogen and oxygen atoms in total. The number of aryl methyl sites for hydroxylation is 2. The van der Waals surface area contributed by atoms with Crippen molar-refractivity contribution in [3.05, 3.63) is 77.5 Å². The maximum absolute atomic E-state index is 9.45. The summed E-state index contributed by atoms with van der Waals surface area (Å²) in [6.45, 7) is 4.10. The van der Waals surface area contributed by atoms with Gasteiger partial charge in [-0.15, -0.1) is 0 Å². The Labute approximate surface area is 136 Å². The van der Waals surface area contributed by atoms with Crippen LogP contribution in [0.3, 0.4) is 0 Å². The van der Waals surface area contributed by atoms with E-state index in [0.717, 1.165) is 16.8 Å². The molecule has 0 fully saturated rings. The molecule has 0 aliphatic carbocycles. The first-order valence-corrected chi connectivity index (χ1v) is 7.46. The molecule has 1 N–H and O–H groups in total. The number of nitrogens with one attached hydrogen (secondary N) is 1. The molecule has 2 aromatic carbocycles. The van der Waals surface area contributed by atoms with Gasteiger partial charge in [-0.25, -0.2) is 4.98 Å². The molecule has 0 saturated heterocycles. The van der Waals surface area contributed by atoms with Crippen LogP contribution in [0.1, 0.15) is 16.7 Å². The van der Waals surface area contributed by atoms with E-state index in [9.17, 15) is 5.26 Å². The summed E-state index contributed by atoms with van der Waals surface area (Å²) in [4.78, 5) is 4.45. The number of rotatable bonds is 3. The first kappa shape index (κ1) is 14.8. The monoisotopic (exact) mass is 299 g/mol. The average molecular weight is 299 g/mol. The van der Waals surface area contributed by atoms with Gasteiger partial charge in [0, 0.05) is 17.4 Å². The number of anilines is 2. The zero-order valence-electron chi connectivity index (χ0n) is 13.2. The molecule has 0 bridgehead atoms. The van der Waals surface area contributed by atoms with Gasteiger partial charge in [0.15, 0.2) is 0 Å². The minimum absolute atomic E-state index is 0.533. The summed E-state index contributed by atoms with van der Waals surface area (Å²) in [5.74, 6) is 0.581.